The standard InChI is InChI=1S/C14H15N3S/c1-9-14(10-4-2-3-5-11(10)16-9)12-8-15-13(17-12)6-7-18/h2-5,8,16,18H,6-7H2,1H3,(H,15,17). The number of benzene rings is 1. The molecule has 0 spiro atoms. The number of para-hydroxylation sites is 1. The molecule has 0 radical (unpaired) electrons. The first-order valence-electron chi connectivity index (χ1n) is 6.02. The Labute approximate surface area is 111 Å². The molecule has 2 aromatic heterocycles. The number of nitrogens with one attached hydrogen (secondary N) is 2. The largest absolute Gasteiger partial charge is 0.358 e. The third kappa shape index (κ3) is 1.82. The average molecular weight is 257 g/mol. The van der Waals surface area contributed by atoms with Crippen LogP contribution in [0.2, 0.25) is 0 Å². The molecule has 0 saturated carbocycles. The summed E-state index contributed by atoms with van der Waals surface area (Å²) in [7, 11) is 0. The molecule has 0 unspecified atom stereocenters. The van der Waals surface area contributed by atoms with E-state index in [1.165, 1.54) is 10.9 Å². The third-order valence-corrected chi connectivity index (χ3v) is 3.36. The van der Waals surface area contributed by atoms with Gasteiger partial charge >= 0.3 is 0 Å². The highest BCUT2D eigenvalue weighted by molar-refractivity contribution is 7.80. The molecule has 0 amide bonds. The van der Waals surface area contributed by atoms with E-state index in [0.29, 0.717) is 0 Å². The van der Waals surface area contributed by atoms with Gasteiger partial charge in [-0.2, -0.15) is 12.6 Å². The van der Waals surface area contributed by atoms with Crippen molar-refractivity contribution in [1.29, 1.82) is 0 Å². The summed E-state index contributed by atoms with van der Waals surface area (Å²) in [6.07, 6.45) is 2.77. The lowest BCUT2D eigenvalue weighted by Crippen LogP contribution is -1.88. The van der Waals surface area contributed by atoms with E-state index in [4.69, 9.17) is 0 Å². The molecule has 0 aliphatic heterocycles. The average Bonchev–Trinajstić information content (AvgIpc) is 2.92. The van der Waals surface area contributed by atoms with Crippen LogP contribution in [0.1, 0.15) is 11.5 Å². The Bertz CT molecular complexity index is 681. The number of fused-ring (bicyclic) bond motifs is 1. The lowest BCUT2D eigenvalue weighted by Gasteiger charge is -1.97. The van der Waals surface area contributed by atoms with Crippen molar-refractivity contribution in [2.24, 2.45) is 0 Å². The Morgan fingerprint density at radius 2 is 2.06 bits per heavy atom. The van der Waals surface area contributed by atoms with Crippen molar-refractivity contribution in [3.05, 3.63) is 42.0 Å². The van der Waals surface area contributed by atoms with Gasteiger partial charge in [0.1, 0.15) is 5.82 Å². The molecule has 0 fully saturated rings. The van der Waals surface area contributed by atoms with Crippen LogP contribution in [-0.4, -0.2) is 20.7 Å². The first kappa shape index (κ1) is 11.4. The van der Waals surface area contributed by atoms with E-state index >= 15 is 0 Å². The van der Waals surface area contributed by atoms with E-state index in [0.717, 1.165) is 34.9 Å². The molecule has 3 aromatic rings. The van der Waals surface area contributed by atoms with Gasteiger partial charge in [-0.15, -0.1) is 0 Å². The maximum Gasteiger partial charge on any atom is 0.107 e. The Balaban J connectivity index is 2.15. The van der Waals surface area contributed by atoms with Crippen LogP contribution >= 0.6 is 12.6 Å². The minimum atomic E-state index is 0.805. The predicted octanol–water partition coefficient (Wildman–Crippen LogP) is 3.34. The number of rotatable bonds is 3. The summed E-state index contributed by atoms with van der Waals surface area (Å²) in [6, 6.07) is 8.33. The van der Waals surface area contributed by atoms with E-state index in [1.54, 1.807) is 0 Å². The molecule has 18 heavy (non-hydrogen) atoms. The molecule has 1 aromatic carbocycles. The zero-order chi connectivity index (χ0) is 12.5. The molecular formula is C14H15N3S. The monoisotopic (exact) mass is 257 g/mol. The number of aromatic amines is 2. The SMILES string of the molecule is Cc1[nH]c2ccccc2c1-c1cnc(CCS)[nH]1. The first-order valence-corrected chi connectivity index (χ1v) is 6.65. The lowest BCUT2D eigenvalue weighted by atomic mass is 10.1. The molecular weight excluding hydrogens is 242 g/mol. The molecule has 2 N–H and O–H groups in total. The first-order chi connectivity index (χ1) is 8.79. The predicted molar refractivity (Wildman–Crippen MR) is 78.2 cm³/mol. The smallest absolute Gasteiger partial charge is 0.107 e. The number of aryl methyl sites for hydroxylation is 2. The van der Waals surface area contributed by atoms with Gasteiger partial charge in [0.05, 0.1) is 11.9 Å². The topological polar surface area (TPSA) is 44.5 Å². The van der Waals surface area contributed by atoms with Gasteiger partial charge in [-0.3, -0.25) is 0 Å². The molecule has 3 nitrogen and oxygen atoms in total. The number of hydrogen-bond acceptors (Lipinski definition) is 2. The van der Waals surface area contributed by atoms with Crippen LogP contribution in [0, 0.1) is 6.92 Å². The highest BCUT2D eigenvalue weighted by Crippen LogP contribution is 2.30. The summed E-state index contributed by atoms with van der Waals surface area (Å²) < 4.78 is 0. The second-order valence-electron chi connectivity index (χ2n) is 4.39. The van der Waals surface area contributed by atoms with Crippen molar-refractivity contribution in [3.8, 4) is 11.3 Å². The zero-order valence-corrected chi connectivity index (χ0v) is 11.1. The summed E-state index contributed by atoms with van der Waals surface area (Å²) in [5.41, 5.74) is 4.61. The highest BCUT2D eigenvalue weighted by atomic mass is 32.1. The van der Waals surface area contributed by atoms with Gasteiger partial charge in [0, 0.05) is 28.6 Å². The molecule has 0 atom stereocenters. The fourth-order valence-corrected chi connectivity index (χ4v) is 2.56. The van der Waals surface area contributed by atoms with Crippen LogP contribution in [0.5, 0.6) is 0 Å². The van der Waals surface area contributed by atoms with E-state index in [-0.39, 0.29) is 0 Å². The van der Waals surface area contributed by atoms with Crippen LogP contribution in [-0.2, 0) is 6.42 Å². The summed E-state index contributed by atoms with van der Waals surface area (Å²) in [5, 5.41) is 1.23. The van der Waals surface area contributed by atoms with Crippen LogP contribution in [0.25, 0.3) is 22.2 Å². The van der Waals surface area contributed by atoms with Crippen molar-refractivity contribution < 1.29 is 0 Å². The Kier molecular flexibility index (Phi) is 2.88. The van der Waals surface area contributed by atoms with Gasteiger partial charge in [-0.05, 0) is 18.7 Å². The van der Waals surface area contributed by atoms with Crippen molar-refractivity contribution >= 4 is 23.5 Å². The number of nitrogens with zero attached hydrogens (tertiary/aromatic N) is 1. The Morgan fingerprint density at radius 3 is 2.89 bits per heavy atom. The van der Waals surface area contributed by atoms with E-state index < -0.39 is 0 Å². The molecule has 2 heterocycles. The summed E-state index contributed by atoms with van der Waals surface area (Å²) >= 11 is 4.23. The Morgan fingerprint density at radius 1 is 1.22 bits per heavy atom. The van der Waals surface area contributed by atoms with Gasteiger partial charge in [0.15, 0.2) is 0 Å². The van der Waals surface area contributed by atoms with Crippen LogP contribution in [0.3, 0.4) is 0 Å². The van der Waals surface area contributed by atoms with E-state index in [1.807, 2.05) is 12.3 Å². The summed E-state index contributed by atoms with van der Waals surface area (Å²) in [6.45, 7) is 2.09. The van der Waals surface area contributed by atoms with Crippen LogP contribution < -0.4 is 0 Å². The maximum atomic E-state index is 4.39. The third-order valence-electron chi connectivity index (χ3n) is 3.14. The fourth-order valence-electron chi connectivity index (χ4n) is 2.35. The van der Waals surface area contributed by atoms with E-state index in [2.05, 4.69) is 52.7 Å². The molecule has 0 bridgehead atoms. The zero-order valence-electron chi connectivity index (χ0n) is 10.2. The normalized spacial score (nSPS) is 11.2. The van der Waals surface area contributed by atoms with Crippen LogP contribution in [0.4, 0.5) is 0 Å². The number of thiol groups is 1. The summed E-state index contributed by atoms with van der Waals surface area (Å²) in [5.74, 6) is 1.80. The van der Waals surface area contributed by atoms with Gasteiger partial charge < -0.3 is 9.97 Å². The fraction of sp³-hybridized carbons (Fsp3) is 0.214. The van der Waals surface area contributed by atoms with Crippen molar-refractivity contribution in [1.82, 2.24) is 15.0 Å². The second-order valence-corrected chi connectivity index (χ2v) is 4.83. The molecule has 92 valence electrons. The summed E-state index contributed by atoms with van der Waals surface area (Å²) in [4.78, 5) is 11.2. The lowest BCUT2D eigenvalue weighted by molar-refractivity contribution is 1.00. The Hall–Kier alpha value is -1.68. The second kappa shape index (κ2) is 4.53. The highest BCUT2D eigenvalue weighted by Gasteiger charge is 2.12. The number of aromatic nitrogens is 3. The van der Waals surface area contributed by atoms with Crippen LogP contribution in [0.15, 0.2) is 30.5 Å². The van der Waals surface area contributed by atoms with Gasteiger partial charge in [-0.25, -0.2) is 4.98 Å². The van der Waals surface area contributed by atoms with Gasteiger partial charge in [0.2, 0.25) is 0 Å². The number of imidazole rings is 1. The number of hydrogen-bond donors (Lipinski definition) is 3. The number of H-pyrrole nitrogens is 2. The van der Waals surface area contributed by atoms with Gasteiger partial charge in [-0.1, -0.05) is 18.2 Å². The van der Waals surface area contributed by atoms with Gasteiger partial charge in [0.25, 0.3) is 0 Å². The quantitative estimate of drug-likeness (QED) is 0.619. The molecule has 4 heteroatoms. The van der Waals surface area contributed by atoms with Crippen molar-refractivity contribution in [3.63, 3.8) is 0 Å². The molecule has 0 aliphatic carbocycles. The molecule has 0 aliphatic rings. The van der Waals surface area contributed by atoms with Crippen molar-refractivity contribution in [2.75, 3.05) is 5.75 Å². The molecule has 0 saturated heterocycles. The minimum Gasteiger partial charge on any atom is -0.358 e. The van der Waals surface area contributed by atoms with E-state index in [9.17, 15) is 0 Å². The minimum absolute atomic E-state index is 0.805. The molecule has 3 rings (SSSR count). The van der Waals surface area contributed by atoms with Crippen molar-refractivity contribution in [2.45, 2.75) is 13.3 Å². The maximum absolute atomic E-state index is 4.39.